The van der Waals surface area contributed by atoms with Gasteiger partial charge in [-0.1, -0.05) is 242 Å². The topological polar surface area (TPSA) is 69.6 Å². The Balaban J connectivity index is 3.40. The first-order valence-corrected chi connectivity index (χ1v) is 24.3. The Morgan fingerprint density at radius 2 is 0.800 bits per heavy atom. The SMILES string of the molecule is CC/C=C\C/C=C\C/C=C\C/C=C\CCCCCCCCCCCCCCCCCCCCCCC(=O)NC(CO)C(O)CCCCCCCCCCCC. The van der Waals surface area contributed by atoms with Crippen LogP contribution in [-0.4, -0.2) is 34.9 Å². The van der Waals surface area contributed by atoms with Crippen LogP contribution in [0, 0.1) is 0 Å². The molecule has 0 aromatic heterocycles. The number of carbonyl (C=O) groups is 1. The number of unbranched alkanes of at least 4 members (excludes halogenated alkanes) is 29. The maximum atomic E-state index is 12.4. The van der Waals surface area contributed by atoms with Crippen molar-refractivity contribution in [2.24, 2.45) is 0 Å². The third kappa shape index (κ3) is 43.3. The molecule has 0 rings (SSSR count). The van der Waals surface area contributed by atoms with Crippen molar-refractivity contribution in [1.82, 2.24) is 5.32 Å². The molecule has 0 aromatic carbocycles. The fourth-order valence-electron chi connectivity index (χ4n) is 7.41. The third-order valence-electron chi connectivity index (χ3n) is 11.1. The summed E-state index contributed by atoms with van der Waals surface area (Å²) >= 11 is 0. The summed E-state index contributed by atoms with van der Waals surface area (Å²) in [5.41, 5.74) is 0. The average molecular weight is 770 g/mol. The number of allylic oxidation sites excluding steroid dienone is 8. The average Bonchev–Trinajstić information content (AvgIpc) is 3.19. The zero-order chi connectivity index (χ0) is 40.0. The lowest BCUT2D eigenvalue weighted by atomic mass is 10.0. The Kier molecular flexibility index (Phi) is 45.3. The highest BCUT2D eigenvalue weighted by Crippen LogP contribution is 2.16. The maximum absolute atomic E-state index is 12.4. The van der Waals surface area contributed by atoms with Crippen molar-refractivity contribution in [3.63, 3.8) is 0 Å². The van der Waals surface area contributed by atoms with Gasteiger partial charge in [-0.25, -0.2) is 0 Å². The van der Waals surface area contributed by atoms with E-state index in [1.165, 1.54) is 173 Å². The molecule has 0 fully saturated rings. The van der Waals surface area contributed by atoms with Gasteiger partial charge in [0.05, 0.1) is 18.8 Å². The van der Waals surface area contributed by atoms with Crippen molar-refractivity contribution in [2.75, 3.05) is 6.61 Å². The van der Waals surface area contributed by atoms with Gasteiger partial charge in [-0.15, -0.1) is 0 Å². The Morgan fingerprint density at radius 1 is 0.455 bits per heavy atom. The molecule has 55 heavy (non-hydrogen) atoms. The quantitative estimate of drug-likeness (QED) is 0.0427. The van der Waals surface area contributed by atoms with Gasteiger partial charge in [0.2, 0.25) is 5.91 Å². The third-order valence-corrected chi connectivity index (χ3v) is 11.1. The number of amides is 1. The van der Waals surface area contributed by atoms with Gasteiger partial charge in [0.1, 0.15) is 0 Å². The lowest BCUT2D eigenvalue weighted by Crippen LogP contribution is -2.45. The van der Waals surface area contributed by atoms with Gasteiger partial charge >= 0.3 is 0 Å². The second kappa shape index (κ2) is 46.7. The number of rotatable bonds is 44. The van der Waals surface area contributed by atoms with Crippen LogP contribution >= 0.6 is 0 Å². The first-order chi connectivity index (χ1) is 27.2. The monoisotopic (exact) mass is 770 g/mol. The van der Waals surface area contributed by atoms with E-state index in [1.807, 2.05) is 0 Å². The molecule has 0 spiro atoms. The van der Waals surface area contributed by atoms with Crippen LogP contribution < -0.4 is 5.32 Å². The highest BCUT2D eigenvalue weighted by atomic mass is 16.3. The predicted octanol–water partition coefficient (Wildman–Crippen LogP) is 15.5. The van der Waals surface area contributed by atoms with Gasteiger partial charge in [0.15, 0.2) is 0 Å². The fraction of sp³-hybridized carbons (Fsp3) is 0.824. The van der Waals surface area contributed by atoms with E-state index in [-0.39, 0.29) is 12.5 Å². The molecule has 0 aliphatic rings. The number of aliphatic hydroxyl groups is 2. The minimum atomic E-state index is -0.656. The normalized spacial score (nSPS) is 13.3. The first-order valence-electron chi connectivity index (χ1n) is 24.3. The van der Waals surface area contributed by atoms with Crippen molar-refractivity contribution < 1.29 is 15.0 Å². The summed E-state index contributed by atoms with van der Waals surface area (Å²) < 4.78 is 0. The van der Waals surface area contributed by atoms with E-state index in [4.69, 9.17) is 0 Å². The van der Waals surface area contributed by atoms with Gasteiger partial charge in [-0.05, 0) is 51.4 Å². The molecule has 0 aliphatic heterocycles. The van der Waals surface area contributed by atoms with E-state index in [0.29, 0.717) is 12.8 Å². The molecule has 1 amide bonds. The molecule has 2 atom stereocenters. The molecule has 2 unspecified atom stereocenters. The molecule has 4 nitrogen and oxygen atoms in total. The molecule has 0 aliphatic carbocycles. The molecule has 322 valence electrons. The molecule has 0 aromatic rings. The molecule has 0 saturated carbocycles. The Hall–Kier alpha value is -1.65. The largest absolute Gasteiger partial charge is 0.394 e. The summed E-state index contributed by atoms with van der Waals surface area (Å²) in [7, 11) is 0. The highest BCUT2D eigenvalue weighted by Gasteiger charge is 2.20. The first kappa shape index (κ1) is 53.4. The molecular weight excluding hydrogens is 675 g/mol. The standard InChI is InChI=1S/C51H95NO3/c1-3-5-7-9-11-13-15-16-17-18-19-20-21-22-23-24-25-26-27-28-29-30-31-32-33-34-35-36-37-39-41-43-45-47-51(55)52-49(48-53)50(54)46-44-42-40-38-14-12-10-8-6-4-2/h5,7,11,13,16-17,19-20,49-50,53-54H,3-4,6,8-10,12,14-15,18,21-48H2,1-2H3,(H,52,55)/b7-5-,13-11-,17-16-,20-19-. The number of carbonyl (C=O) groups excluding carboxylic acids is 1. The molecule has 0 bridgehead atoms. The summed E-state index contributed by atoms with van der Waals surface area (Å²) in [5, 5.41) is 23.1. The van der Waals surface area contributed by atoms with Crippen LogP contribution in [0.4, 0.5) is 0 Å². The van der Waals surface area contributed by atoms with Crippen molar-refractivity contribution in [3.05, 3.63) is 48.6 Å². The summed E-state index contributed by atoms with van der Waals surface area (Å²) in [6, 6.07) is -0.533. The molecule has 0 heterocycles. The Bertz CT molecular complexity index is 877. The summed E-state index contributed by atoms with van der Waals surface area (Å²) in [5.74, 6) is -0.0310. The van der Waals surface area contributed by atoms with Crippen LogP contribution in [0.1, 0.15) is 251 Å². The zero-order valence-corrected chi connectivity index (χ0v) is 36.9. The van der Waals surface area contributed by atoms with Gasteiger partial charge in [0, 0.05) is 6.42 Å². The molecule has 3 N–H and O–H groups in total. The van der Waals surface area contributed by atoms with E-state index < -0.39 is 12.1 Å². The van der Waals surface area contributed by atoms with Gasteiger partial charge in [-0.2, -0.15) is 0 Å². The lowest BCUT2D eigenvalue weighted by Gasteiger charge is -2.22. The summed E-state index contributed by atoms with van der Waals surface area (Å²) in [6.45, 7) is 4.24. The van der Waals surface area contributed by atoms with Crippen LogP contribution in [0.2, 0.25) is 0 Å². The second-order valence-corrected chi connectivity index (χ2v) is 16.5. The van der Waals surface area contributed by atoms with Crippen LogP contribution in [0.5, 0.6) is 0 Å². The number of hydrogen-bond donors (Lipinski definition) is 3. The molecular formula is C51H95NO3. The van der Waals surface area contributed by atoms with Crippen LogP contribution in [0.15, 0.2) is 48.6 Å². The molecule has 0 radical (unpaired) electrons. The predicted molar refractivity (Wildman–Crippen MR) is 244 cm³/mol. The minimum Gasteiger partial charge on any atom is -0.394 e. The minimum absolute atomic E-state index is 0.0310. The van der Waals surface area contributed by atoms with Crippen LogP contribution in [0.25, 0.3) is 0 Å². The fourth-order valence-corrected chi connectivity index (χ4v) is 7.41. The van der Waals surface area contributed by atoms with E-state index >= 15 is 0 Å². The van der Waals surface area contributed by atoms with E-state index in [0.717, 1.165) is 51.4 Å². The smallest absolute Gasteiger partial charge is 0.220 e. The van der Waals surface area contributed by atoms with Crippen molar-refractivity contribution in [2.45, 2.75) is 264 Å². The van der Waals surface area contributed by atoms with E-state index in [2.05, 4.69) is 67.8 Å². The highest BCUT2D eigenvalue weighted by molar-refractivity contribution is 5.76. The van der Waals surface area contributed by atoms with Gasteiger partial charge < -0.3 is 15.5 Å². The maximum Gasteiger partial charge on any atom is 0.220 e. The second-order valence-electron chi connectivity index (χ2n) is 16.5. The lowest BCUT2D eigenvalue weighted by molar-refractivity contribution is -0.123. The summed E-state index contributed by atoms with van der Waals surface area (Å²) in [4.78, 5) is 12.4. The van der Waals surface area contributed by atoms with E-state index in [1.54, 1.807) is 0 Å². The van der Waals surface area contributed by atoms with E-state index in [9.17, 15) is 15.0 Å². The zero-order valence-electron chi connectivity index (χ0n) is 36.9. The number of hydrogen-bond acceptors (Lipinski definition) is 3. The Labute approximate surface area is 344 Å². The van der Waals surface area contributed by atoms with Gasteiger partial charge in [0.25, 0.3) is 0 Å². The number of aliphatic hydroxyl groups excluding tert-OH is 2. The van der Waals surface area contributed by atoms with Gasteiger partial charge in [-0.3, -0.25) is 4.79 Å². The Morgan fingerprint density at radius 3 is 1.20 bits per heavy atom. The molecule has 4 heteroatoms. The number of nitrogens with one attached hydrogen (secondary N) is 1. The van der Waals surface area contributed by atoms with Crippen molar-refractivity contribution in [1.29, 1.82) is 0 Å². The van der Waals surface area contributed by atoms with Crippen molar-refractivity contribution >= 4 is 5.91 Å². The summed E-state index contributed by atoms with van der Waals surface area (Å²) in [6.07, 6.45) is 63.7. The van der Waals surface area contributed by atoms with Crippen molar-refractivity contribution in [3.8, 4) is 0 Å². The van der Waals surface area contributed by atoms with Crippen LogP contribution in [-0.2, 0) is 4.79 Å². The van der Waals surface area contributed by atoms with Crippen LogP contribution in [0.3, 0.4) is 0 Å². The molecule has 0 saturated heterocycles.